The molecule has 1 aliphatic rings. The Kier molecular flexibility index (Phi) is 10.9. The number of hydrogen-bond acceptors (Lipinski definition) is 3. The standard InChI is InChI=1S/C23H28N4.3ClH/c1-18(22-17-24-19(2)25-22)26-13-15-27(16-14-26)23(20-9-5-3-6-10-20)21-11-7-4-8-12-21;;;/h3-12,17-18,23H,13-16H2,1-2H3,(H,24,25);3*1H. The molecule has 164 valence electrons. The van der Waals surface area contributed by atoms with Gasteiger partial charge < -0.3 is 4.98 Å². The molecule has 0 amide bonds. The highest BCUT2D eigenvalue weighted by Crippen LogP contribution is 2.30. The van der Waals surface area contributed by atoms with Crippen LogP contribution in [-0.4, -0.2) is 45.9 Å². The van der Waals surface area contributed by atoms with Gasteiger partial charge in [-0.3, -0.25) is 9.80 Å². The highest BCUT2D eigenvalue weighted by Gasteiger charge is 2.28. The van der Waals surface area contributed by atoms with E-state index in [2.05, 4.69) is 87.4 Å². The zero-order chi connectivity index (χ0) is 18.6. The number of halogens is 3. The molecule has 1 saturated heterocycles. The summed E-state index contributed by atoms with van der Waals surface area (Å²) in [5.41, 5.74) is 3.95. The van der Waals surface area contributed by atoms with Crippen LogP contribution in [0.1, 0.15) is 41.7 Å². The first-order valence-corrected chi connectivity index (χ1v) is 9.82. The fourth-order valence-corrected chi connectivity index (χ4v) is 4.12. The lowest BCUT2D eigenvalue weighted by Gasteiger charge is -2.41. The summed E-state index contributed by atoms with van der Waals surface area (Å²) in [7, 11) is 0. The third kappa shape index (κ3) is 5.99. The Bertz CT molecular complexity index is 810. The van der Waals surface area contributed by atoms with E-state index in [4.69, 9.17) is 0 Å². The summed E-state index contributed by atoms with van der Waals surface area (Å²) in [5, 5.41) is 0. The fourth-order valence-electron chi connectivity index (χ4n) is 4.12. The maximum Gasteiger partial charge on any atom is 0.103 e. The number of aromatic nitrogens is 2. The highest BCUT2D eigenvalue weighted by molar-refractivity contribution is 5.86. The lowest BCUT2D eigenvalue weighted by Crippen LogP contribution is -2.48. The van der Waals surface area contributed by atoms with Gasteiger partial charge in [0.2, 0.25) is 0 Å². The average Bonchev–Trinajstić information content (AvgIpc) is 3.16. The van der Waals surface area contributed by atoms with Crippen molar-refractivity contribution < 1.29 is 0 Å². The summed E-state index contributed by atoms with van der Waals surface area (Å²) in [6.07, 6.45) is 1.98. The van der Waals surface area contributed by atoms with Crippen LogP contribution in [0.5, 0.6) is 0 Å². The molecule has 1 unspecified atom stereocenters. The van der Waals surface area contributed by atoms with Crippen molar-refractivity contribution in [3.05, 3.63) is 89.5 Å². The smallest absolute Gasteiger partial charge is 0.103 e. The molecule has 0 spiro atoms. The van der Waals surface area contributed by atoms with Gasteiger partial charge in [-0.2, -0.15) is 0 Å². The van der Waals surface area contributed by atoms with Crippen LogP contribution < -0.4 is 0 Å². The first-order chi connectivity index (χ1) is 13.2. The van der Waals surface area contributed by atoms with Crippen LogP contribution in [-0.2, 0) is 0 Å². The normalized spacial score (nSPS) is 15.6. The topological polar surface area (TPSA) is 35.2 Å². The minimum absolute atomic E-state index is 0. The van der Waals surface area contributed by atoms with Crippen molar-refractivity contribution in [2.45, 2.75) is 25.9 Å². The van der Waals surface area contributed by atoms with Crippen LogP contribution in [0.3, 0.4) is 0 Å². The minimum atomic E-state index is 0. The Morgan fingerprint density at radius 3 is 1.67 bits per heavy atom. The van der Waals surface area contributed by atoms with Crippen molar-refractivity contribution in [2.24, 2.45) is 0 Å². The average molecular weight is 470 g/mol. The van der Waals surface area contributed by atoms with Crippen LogP contribution in [0, 0.1) is 6.92 Å². The molecular formula is C23H31Cl3N4. The number of nitrogens with one attached hydrogen (secondary N) is 1. The zero-order valence-electron chi connectivity index (χ0n) is 17.4. The quantitative estimate of drug-likeness (QED) is 0.539. The number of piperazine rings is 1. The second kappa shape index (κ2) is 12.3. The van der Waals surface area contributed by atoms with Crippen molar-refractivity contribution in [3.8, 4) is 0 Å². The van der Waals surface area contributed by atoms with Gasteiger partial charge in [0.1, 0.15) is 5.82 Å². The Labute approximate surface area is 198 Å². The largest absolute Gasteiger partial charge is 0.345 e. The number of aromatic amines is 1. The van der Waals surface area contributed by atoms with E-state index < -0.39 is 0 Å². The van der Waals surface area contributed by atoms with Crippen molar-refractivity contribution in [2.75, 3.05) is 26.2 Å². The molecular weight excluding hydrogens is 439 g/mol. The molecule has 1 aromatic heterocycles. The third-order valence-electron chi connectivity index (χ3n) is 5.66. The molecule has 1 aliphatic heterocycles. The monoisotopic (exact) mass is 468 g/mol. The first kappa shape index (κ1) is 26.5. The van der Waals surface area contributed by atoms with Crippen molar-refractivity contribution in [3.63, 3.8) is 0 Å². The van der Waals surface area contributed by atoms with Crippen LogP contribution >= 0.6 is 37.2 Å². The number of H-pyrrole nitrogens is 1. The summed E-state index contributed by atoms with van der Waals surface area (Å²) < 4.78 is 0. The van der Waals surface area contributed by atoms with Gasteiger partial charge in [0.05, 0.1) is 11.7 Å². The Hall–Kier alpha value is -1.56. The van der Waals surface area contributed by atoms with E-state index in [1.807, 2.05) is 13.1 Å². The number of aryl methyl sites for hydroxylation is 1. The molecule has 3 aromatic rings. The summed E-state index contributed by atoms with van der Waals surface area (Å²) in [6.45, 7) is 8.54. The van der Waals surface area contributed by atoms with E-state index in [-0.39, 0.29) is 37.2 Å². The predicted octanol–water partition coefficient (Wildman–Crippen LogP) is 5.45. The molecule has 1 N–H and O–H groups in total. The van der Waals surface area contributed by atoms with Gasteiger partial charge in [0.15, 0.2) is 0 Å². The molecule has 1 fully saturated rings. The molecule has 30 heavy (non-hydrogen) atoms. The van der Waals surface area contributed by atoms with E-state index in [1.165, 1.54) is 16.8 Å². The number of benzene rings is 2. The number of imidazole rings is 1. The first-order valence-electron chi connectivity index (χ1n) is 9.82. The third-order valence-corrected chi connectivity index (χ3v) is 5.66. The lowest BCUT2D eigenvalue weighted by molar-refractivity contribution is 0.0827. The van der Waals surface area contributed by atoms with Crippen molar-refractivity contribution >= 4 is 37.2 Å². The van der Waals surface area contributed by atoms with Crippen LogP contribution in [0.15, 0.2) is 66.9 Å². The zero-order valence-corrected chi connectivity index (χ0v) is 19.8. The van der Waals surface area contributed by atoms with Gasteiger partial charge in [0, 0.05) is 38.4 Å². The van der Waals surface area contributed by atoms with Gasteiger partial charge in [-0.05, 0) is 25.0 Å². The van der Waals surface area contributed by atoms with Gasteiger partial charge in [-0.25, -0.2) is 4.98 Å². The maximum atomic E-state index is 4.36. The molecule has 7 heteroatoms. The van der Waals surface area contributed by atoms with Crippen LogP contribution in [0.2, 0.25) is 0 Å². The SMILES string of the molecule is Cc1ncc(C(C)N2CCN(C(c3ccccc3)c3ccccc3)CC2)[nH]1.Cl.Cl.Cl. The van der Waals surface area contributed by atoms with Gasteiger partial charge >= 0.3 is 0 Å². The Morgan fingerprint density at radius 2 is 1.23 bits per heavy atom. The molecule has 2 aromatic carbocycles. The number of nitrogens with zero attached hydrogens (tertiary/aromatic N) is 3. The van der Waals surface area contributed by atoms with E-state index in [0.29, 0.717) is 12.1 Å². The summed E-state index contributed by atoms with van der Waals surface area (Å²) >= 11 is 0. The van der Waals surface area contributed by atoms with E-state index in [0.717, 1.165) is 32.0 Å². The van der Waals surface area contributed by atoms with Crippen molar-refractivity contribution in [1.82, 2.24) is 19.8 Å². The molecule has 0 radical (unpaired) electrons. The van der Waals surface area contributed by atoms with Gasteiger partial charge in [-0.15, -0.1) is 37.2 Å². The van der Waals surface area contributed by atoms with Crippen molar-refractivity contribution in [1.29, 1.82) is 0 Å². The predicted molar refractivity (Wildman–Crippen MR) is 131 cm³/mol. The second-order valence-electron chi connectivity index (χ2n) is 7.40. The van der Waals surface area contributed by atoms with E-state index >= 15 is 0 Å². The van der Waals surface area contributed by atoms with Crippen LogP contribution in [0.4, 0.5) is 0 Å². The Balaban J connectivity index is 0.00000150. The van der Waals surface area contributed by atoms with E-state index in [1.54, 1.807) is 0 Å². The molecule has 4 rings (SSSR count). The van der Waals surface area contributed by atoms with Crippen LogP contribution in [0.25, 0.3) is 0 Å². The summed E-state index contributed by atoms with van der Waals surface area (Å²) in [6, 6.07) is 22.5. The number of hydrogen-bond donors (Lipinski definition) is 1. The fraction of sp³-hybridized carbons (Fsp3) is 0.348. The molecule has 0 aliphatic carbocycles. The second-order valence-corrected chi connectivity index (χ2v) is 7.40. The van der Waals surface area contributed by atoms with Gasteiger partial charge in [0.25, 0.3) is 0 Å². The summed E-state index contributed by atoms with van der Waals surface area (Å²) in [5.74, 6) is 0.990. The molecule has 0 saturated carbocycles. The van der Waals surface area contributed by atoms with Gasteiger partial charge in [-0.1, -0.05) is 60.7 Å². The molecule has 4 nitrogen and oxygen atoms in total. The summed E-state index contributed by atoms with van der Waals surface area (Å²) in [4.78, 5) is 12.9. The molecule has 0 bridgehead atoms. The molecule has 1 atom stereocenters. The number of rotatable bonds is 5. The Morgan fingerprint density at radius 1 is 0.767 bits per heavy atom. The lowest BCUT2D eigenvalue weighted by atomic mass is 9.96. The maximum absolute atomic E-state index is 4.36. The highest BCUT2D eigenvalue weighted by atomic mass is 35.5. The minimum Gasteiger partial charge on any atom is -0.345 e. The molecule has 2 heterocycles. The van der Waals surface area contributed by atoms with E-state index in [9.17, 15) is 0 Å².